The summed E-state index contributed by atoms with van der Waals surface area (Å²) in [6, 6.07) is 1.78. The summed E-state index contributed by atoms with van der Waals surface area (Å²) in [7, 11) is 0. The Hall–Kier alpha value is -1.98. The number of hydrogen-bond acceptors (Lipinski definition) is 2. The molecule has 1 amide bonds. The highest BCUT2D eigenvalue weighted by Gasteiger charge is 2.36. The number of aryl methyl sites for hydroxylation is 1. The van der Waals surface area contributed by atoms with Gasteiger partial charge in [-0.15, -0.1) is 0 Å². The molecule has 1 fully saturated rings. The first-order chi connectivity index (χ1) is 9.81. The summed E-state index contributed by atoms with van der Waals surface area (Å²) in [5.41, 5.74) is -0.219. The Morgan fingerprint density at radius 1 is 1.33 bits per heavy atom. The zero-order valence-corrected chi connectivity index (χ0v) is 11.9. The highest BCUT2D eigenvalue weighted by atomic mass is 19.1. The van der Waals surface area contributed by atoms with E-state index in [4.69, 9.17) is 5.11 Å². The molecule has 1 saturated carbocycles. The molecular formula is C15H17F2NO3. The molecule has 1 aliphatic rings. The highest BCUT2D eigenvalue weighted by Crippen LogP contribution is 2.30. The third-order valence-corrected chi connectivity index (χ3v) is 3.62. The third kappa shape index (κ3) is 3.37. The smallest absolute Gasteiger partial charge is 0.308 e. The number of carboxylic acid groups (broad SMARTS) is 1. The summed E-state index contributed by atoms with van der Waals surface area (Å²) < 4.78 is 27.4. The Bertz CT molecular complexity index is 585. The Labute approximate surface area is 121 Å². The maximum absolute atomic E-state index is 13.9. The van der Waals surface area contributed by atoms with Gasteiger partial charge >= 0.3 is 5.97 Å². The second-order valence-corrected chi connectivity index (χ2v) is 5.51. The summed E-state index contributed by atoms with van der Waals surface area (Å²) in [6.07, 6.45) is 1.52. The van der Waals surface area contributed by atoms with E-state index in [1.165, 1.54) is 18.7 Å². The SMILES string of the molecule is Cc1cc(F)c(C(=O)N(C[C@H](C)C(=O)O)C2CC2)cc1F. The van der Waals surface area contributed by atoms with E-state index in [1.807, 2.05) is 0 Å². The average Bonchev–Trinajstić information content (AvgIpc) is 3.23. The van der Waals surface area contributed by atoms with Crippen LogP contribution in [0.15, 0.2) is 12.1 Å². The molecule has 1 aliphatic carbocycles. The van der Waals surface area contributed by atoms with E-state index in [0.717, 1.165) is 25.0 Å². The molecule has 2 rings (SSSR count). The summed E-state index contributed by atoms with van der Waals surface area (Å²) in [5.74, 6) is -3.87. The van der Waals surface area contributed by atoms with Crippen molar-refractivity contribution in [2.45, 2.75) is 32.7 Å². The zero-order chi connectivity index (χ0) is 15.7. The van der Waals surface area contributed by atoms with Gasteiger partial charge in [-0.1, -0.05) is 6.92 Å². The lowest BCUT2D eigenvalue weighted by atomic mass is 10.1. The number of carboxylic acids is 1. The lowest BCUT2D eigenvalue weighted by Gasteiger charge is -2.24. The van der Waals surface area contributed by atoms with Gasteiger partial charge in [0.2, 0.25) is 0 Å². The summed E-state index contributed by atoms with van der Waals surface area (Å²) in [5, 5.41) is 8.95. The van der Waals surface area contributed by atoms with Gasteiger partial charge in [0.25, 0.3) is 5.91 Å². The largest absolute Gasteiger partial charge is 0.481 e. The number of halogens is 2. The fraction of sp³-hybridized carbons (Fsp3) is 0.467. The van der Waals surface area contributed by atoms with Gasteiger partial charge in [0.05, 0.1) is 11.5 Å². The predicted octanol–water partition coefficient (Wildman–Crippen LogP) is 2.60. The van der Waals surface area contributed by atoms with Crippen molar-refractivity contribution in [1.29, 1.82) is 0 Å². The first-order valence-electron chi connectivity index (χ1n) is 6.80. The molecular weight excluding hydrogens is 280 g/mol. The number of benzene rings is 1. The van der Waals surface area contributed by atoms with Crippen molar-refractivity contribution in [1.82, 2.24) is 4.90 Å². The van der Waals surface area contributed by atoms with Gasteiger partial charge in [0.1, 0.15) is 11.6 Å². The van der Waals surface area contributed by atoms with Crippen LogP contribution in [0.4, 0.5) is 8.78 Å². The van der Waals surface area contributed by atoms with Crippen LogP contribution in [-0.2, 0) is 4.79 Å². The van der Waals surface area contributed by atoms with E-state index in [9.17, 15) is 18.4 Å². The average molecular weight is 297 g/mol. The predicted molar refractivity (Wildman–Crippen MR) is 72.0 cm³/mol. The molecule has 0 aromatic heterocycles. The zero-order valence-electron chi connectivity index (χ0n) is 11.9. The summed E-state index contributed by atoms with van der Waals surface area (Å²) >= 11 is 0. The van der Waals surface area contributed by atoms with E-state index in [-0.39, 0.29) is 23.7 Å². The van der Waals surface area contributed by atoms with Crippen molar-refractivity contribution < 1.29 is 23.5 Å². The number of hydrogen-bond donors (Lipinski definition) is 1. The normalized spacial score (nSPS) is 15.6. The fourth-order valence-electron chi connectivity index (χ4n) is 2.12. The van der Waals surface area contributed by atoms with Gasteiger partial charge in [-0.2, -0.15) is 0 Å². The van der Waals surface area contributed by atoms with Crippen LogP contribution in [0.1, 0.15) is 35.7 Å². The quantitative estimate of drug-likeness (QED) is 0.909. The minimum absolute atomic E-state index is 0.00618. The lowest BCUT2D eigenvalue weighted by molar-refractivity contribution is -0.141. The Morgan fingerprint density at radius 2 is 1.95 bits per heavy atom. The third-order valence-electron chi connectivity index (χ3n) is 3.62. The van der Waals surface area contributed by atoms with Gasteiger partial charge in [0.15, 0.2) is 0 Å². The molecule has 0 bridgehead atoms. The van der Waals surface area contributed by atoms with E-state index in [2.05, 4.69) is 0 Å². The van der Waals surface area contributed by atoms with Crippen LogP contribution in [-0.4, -0.2) is 34.5 Å². The minimum atomic E-state index is -1.02. The van der Waals surface area contributed by atoms with Gasteiger partial charge in [-0.3, -0.25) is 9.59 Å². The number of amides is 1. The molecule has 21 heavy (non-hydrogen) atoms. The molecule has 1 atom stereocenters. The molecule has 0 unspecified atom stereocenters. The molecule has 6 heteroatoms. The van der Waals surface area contributed by atoms with Gasteiger partial charge < -0.3 is 10.0 Å². The van der Waals surface area contributed by atoms with Crippen molar-refractivity contribution in [3.05, 3.63) is 34.9 Å². The van der Waals surface area contributed by atoms with E-state index in [1.54, 1.807) is 0 Å². The molecule has 0 spiro atoms. The number of rotatable bonds is 5. The van der Waals surface area contributed by atoms with E-state index < -0.39 is 29.4 Å². The van der Waals surface area contributed by atoms with Crippen LogP contribution in [0.2, 0.25) is 0 Å². The number of aliphatic carboxylic acids is 1. The van der Waals surface area contributed by atoms with Gasteiger partial charge in [-0.05, 0) is 37.5 Å². The molecule has 4 nitrogen and oxygen atoms in total. The van der Waals surface area contributed by atoms with E-state index >= 15 is 0 Å². The van der Waals surface area contributed by atoms with Crippen molar-refractivity contribution in [3.63, 3.8) is 0 Å². The lowest BCUT2D eigenvalue weighted by Crippen LogP contribution is -2.39. The molecule has 1 aromatic rings. The molecule has 0 heterocycles. The second-order valence-electron chi connectivity index (χ2n) is 5.51. The van der Waals surface area contributed by atoms with Crippen LogP contribution in [0.3, 0.4) is 0 Å². The number of carbonyl (C=O) groups is 2. The summed E-state index contributed by atoms with van der Waals surface area (Å²) in [6.45, 7) is 2.89. The Morgan fingerprint density at radius 3 is 2.48 bits per heavy atom. The summed E-state index contributed by atoms with van der Waals surface area (Å²) in [4.78, 5) is 24.7. The second kappa shape index (κ2) is 5.79. The fourth-order valence-corrected chi connectivity index (χ4v) is 2.12. The van der Waals surface area contributed by atoms with Crippen molar-refractivity contribution >= 4 is 11.9 Å². The maximum atomic E-state index is 13.9. The first kappa shape index (κ1) is 15.4. The molecule has 0 radical (unpaired) electrons. The monoisotopic (exact) mass is 297 g/mol. The van der Waals surface area contributed by atoms with Crippen LogP contribution in [0.25, 0.3) is 0 Å². The minimum Gasteiger partial charge on any atom is -0.481 e. The Balaban J connectivity index is 2.27. The van der Waals surface area contributed by atoms with Crippen molar-refractivity contribution in [2.24, 2.45) is 5.92 Å². The van der Waals surface area contributed by atoms with Crippen LogP contribution >= 0.6 is 0 Å². The topological polar surface area (TPSA) is 57.6 Å². The van der Waals surface area contributed by atoms with Gasteiger partial charge in [0, 0.05) is 12.6 Å². The van der Waals surface area contributed by atoms with Crippen molar-refractivity contribution in [2.75, 3.05) is 6.54 Å². The van der Waals surface area contributed by atoms with Crippen LogP contribution in [0.5, 0.6) is 0 Å². The molecule has 1 N–H and O–H groups in total. The van der Waals surface area contributed by atoms with Crippen LogP contribution in [0, 0.1) is 24.5 Å². The standard InChI is InChI=1S/C15H17F2NO3/c1-8-5-13(17)11(6-12(8)16)14(19)18(10-3-4-10)7-9(2)15(20)21/h5-6,9-10H,3-4,7H2,1-2H3,(H,20,21)/t9-/m0/s1. The highest BCUT2D eigenvalue weighted by molar-refractivity contribution is 5.95. The number of carbonyl (C=O) groups excluding carboxylic acids is 1. The number of nitrogens with zero attached hydrogens (tertiary/aromatic N) is 1. The van der Waals surface area contributed by atoms with E-state index in [0.29, 0.717) is 0 Å². The van der Waals surface area contributed by atoms with Gasteiger partial charge in [-0.25, -0.2) is 8.78 Å². The maximum Gasteiger partial charge on any atom is 0.308 e. The Kier molecular flexibility index (Phi) is 4.25. The van der Waals surface area contributed by atoms with Crippen LogP contribution < -0.4 is 0 Å². The first-order valence-corrected chi connectivity index (χ1v) is 6.80. The molecule has 0 aliphatic heterocycles. The molecule has 114 valence electrons. The molecule has 1 aromatic carbocycles. The molecule has 0 saturated heterocycles. The van der Waals surface area contributed by atoms with Crippen molar-refractivity contribution in [3.8, 4) is 0 Å².